The molecule has 1 aromatic heterocycles. The number of nitrogens with zero attached hydrogens (tertiary/aromatic N) is 1. The van der Waals surface area contributed by atoms with E-state index in [1.54, 1.807) is 0 Å². The number of esters is 2. The number of hydrogen-bond acceptors (Lipinski definition) is 7. The van der Waals surface area contributed by atoms with E-state index in [2.05, 4.69) is 20.9 Å². The van der Waals surface area contributed by atoms with E-state index >= 15 is 0 Å². The molecule has 1 N–H and O–H groups in total. The number of aromatic nitrogens is 2. The topological polar surface area (TPSA) is 117 Å². The van der Waals surface area contributed by atoms with Crippen LogP contribution in [0.1, 0.15) is 32.1 Å². The van der Waals surface area contributed by atoms with E-state index in [4.69, 9.17) is 14.2 Å². The van der Waals surface area contributed by atoms with Crippen LogP contribution in [-0.4, -0.2) is 40.3 Å². The van der Waals surface area contributed by atoms with Crippen molar-refractivity contribution < 1.29 is 23.8 Å². The molecule has 1 aromatic rings. The van der Waals surface area contributed by atoms with Crippen LogP contribution in [0.3, 0.4) is 0 Å². The molecule has 0 spiro atoms. The van der Waals surface area contributed by atoms with E-state index in [1.165, 1.54) is 31.1 Å². The van der Waals surface area contributed by atoms with Crippen LogP contribution in [0.4, 0.5) is 0 Å². The third-order valence-electron chi connectivity index (χ3n) is 3.45. The molecule has 0 saturated carbocycles. The maximum absolute atomic E-state index is 12.2. The molecule has 25 heavy (non-hydrogen) atoms. The molecule has 0 aromatic carbocycles. The van der Waals surface area contributed by atoms with Gasteiger partial charge >= 0.3 is 17.6 Å². The van der Waals surface area contributed by atoms with Crippen molar-refractivity contribution in [1.82, 2.24) is 9.55 Å². The molecule has 2 heterocycles. The SMILES string of the molecule is CC(=O)OC[C@H]1C[C@@H](OC(C)=O)[C@H](n2cc(/C=C/Br)c(=O)[nH]c2=O)O1. The first kappa shape index (κ1) is 19.1. The summed E-state index contributed by atoms with van der Waals surface area (Å²) in [6.45, 7) is 2.47. The summed E-state index contributed by atoms with van der Waals surface area (Å²) in [6, 6.07) is 0. The molecular weight excluding hydrogens is 400 g/mol. The van der Waals surface area contributed by atoms with Gasteiger partial charge in [0.25, 0.3) is 5.56 Å². The minimum Gasteiger partial charge on any atom is -0.463 e. The lowest BCUT2D eigenvalue weighted by Crippen LogP contribution is -2.37. The van der Waals surface area contributed by atoms with Crippen molar-refractivity contribution in [2.45, 2.75) is 38.7 Å². The first-order chi connectivity index (χ1) is 11.8. The van der Waals surface area contributed by atoms with Crippen LogP contribution in [0.2, 0.25) is 0 Å². The summed E-state index contributed by atoms with van der Waals surface area (Å²) in [7, 11) is 0. The summed E-state index contributed by atoms with van der Waals surface area (Å²) in [5, 5.41) is 0. The van der Waals surface area contributed by atoms with E-state index in [-0.39, 0.29) is 18.6 Å². The summed E-state index contributed by atoms with van der Waals surface area (Å²) in [5.41, 5.74) is -1.05. The smallest absolute Gasteiger partial charge is 0.330 e. The second kappa shape index (κ2) is 8.26. The first-order valence-electron chi connectivity index (χ1n) is 7.40. The Morgan fingerprint density at radius 1 is 1.40 bits per heavy atom. The number of rotatable bonds is 5. The van der Waals surface area contributed by atoms with Crippen LogP contribution >= 0.6 is 15.9 Å². The third kappa shape index (κ3) is 4.89. The predicted octanol–water partition coefficient (Wildman–Crippen LogP) is 0.684. The van der Waals surface area contributed by atoms with Crippen molar-refractivity contribution in [1.29, 1.82) is 0 Å². The van der Waals surface area contributed by atoms with Gasteiger partial charge in [0.15, 0.2) is 6.23 Å². The molecule has 1 aliphatic heterocycles. The van der Waals surface area contributed by atoms with Gasteiger partial charge in [-0.25, -0.2) is 4.79 Å². The summed E-state index contributed by atoms with van der Waals surface area (Å²) >= 11 is 3.07. The van der Waals surface area contributed by atoms with Crippen LogP contribution in [0, 0.1) is 0 Å². The number of halogens is 1. The molecule has 136 valence electrons. The summed E-state index contributed by atoms with van der Waals surface area (Å²) in [6.07, 6.45) is 0.757. The minimum absolute atomic E-state index is 0.0319. The highest BCUT2D eigenvalue weighted by atomic mass is 79.9. The highest BCUT2D eigenvalue weighted by Crippen LogP contribution is 2.30. The number of ether oxygens (including phenoxy) is 3. The fraction of sp³-hybridized carbons (Fsp3) is 0.467. The van der Waals surface area contributed by atoms with Crippen molar-refractivity contribution in [2.24, 2.45) is 0 Å². The average molecular weight is 417 g/mol. The van der Waals surface area contributed by atoms with E-state index in [0.717, 1.165) is 4.57 Å². The van der Waals surface area contributed by atoms with Gasteiger partial charge in [-0.15, -0.1) is 0 Å². The standard InChI is InChI=1S/C15H17BrN2O7/c1-8(19)23-7-11-5-12(24-9(2)20)14(25-11)18-6-10(3-4-16)13(21)17-15(18)22/h3-4,6,11-12,14H,5,7H2,1-2H3,(H,17,21,22)/b4-3+/t11-,12-,14-/m1/s1. The Labute approximate surface area is 150 Å². The molecule has 1 aliphatic rings. The number of carbonyl (C=O) groups excluding carboxylic acids is 2. The Hall–Kier alpha value is -2.20. The Morgan fingerprint density at radius 3 is 2.72 bits per heavy atom. The number of carbonyl (C=O) groups is 2. The Balaban J connectivity index is 2.34. The lowest BCUT2D eigenvalue weighted by Gasteiger charge is -2.20. The molecule has 1 saturated heterocycles. The summed E-state index contributed by atoms with van der Waals surface area (Å²) in [4.78, 5) is 49.9. The molecule has 0 amide bonds. The highest BCUT2D eigenvalue weighted by molar-refractivity contribution is 9.11. The number of aromatic amines is 1. The van der Waals surface area contributed by atoms with Gasteiger partial charge in [-0.1, -0.05) is 15.9 Å². The molecular formula is C15H17BrN2O7. The van der Waals surface area contributed by atoms with E-state index in [1.807, 2.05) is 0 Å². The average Bonchev–Trinajstić information content (AvgIpc) is 2.90. The van der Waals surface area contributed by atoms with Gasteiger partial charge in [-0.2, -0.15) is 0 Å². The van der Waals surface area contributed by atoms with Crippen molar-refractivity contribution in [3.8, 4) is 0 Å². The van der Waals surface area contributed by atoms with Crippen molar-refractivity contribution in [3.05, 3.63) is 37.6 Å². The molecule has 0 unspecified atom stereocenters. The van der Waals surface area contributed by atoms with Gasteiger partial charge in [0.05, 0.1) is 11.7 Å². The summed E-state index contributed by atoms with van der Waals surface area (Å²) in [5.74, 6) is -1.01. The molecule has 2 rings (SSSR count). The van der Waals surface area contributed by atoms with E-state index < -0.39 is 41.6 Å². The van der Waals surface area contributed by atoms with Crippen LogP contribution in [0.15, 0.2) is 20.8 Å². The van der Waals surface area contributed by atoms with Gasteiger partial charge in [-0.05, 0) is 11.1 Å². The first-order valence-corrected chi connectivity index (χ1v) is 8.31. The lowest BCUT2D eigenvalue weighted by molar-refractivity contribution is -0.153. The fourth-order valence-electron chi connectivity index (χ4n) is 2.47. The van der Waals surface area contributed by atoms with Crippen LogP contribution in [0.25, 0.3) is 6.08 Å². The third-order valence-corrected chi connectivity index (χ3v) is 3.71. The molecule has 0 radical (unpaired) electrons. The monoisotopic (exact) mass is 416 g/mol. The normalized spacial score (nSPS) is 22.9. The fourth-order valence-corrected chi connectivity index (χ4v) is 2.76. The minimum atomic E-state index is -0.948. The van der Waals surface area contributed by atoms with E-state index in [9.17, 15) is 19.2 Å². The van der Waals surface area contributed by atoms with E-state index in [0.29, 0.717) is 0 Å². The van der Waals surface area contributed by atoms with Gasteiger partial charge < -0.3 is 14.2 Å². The Morgan fingerprint density at radius 2 is 2.12 bits per heavy atom. The Kier molecular flexibility index (Phi) is 6.32. The molecule has 9 nitrogen and oxygen atoms in total. The number of nitrogens with one attached hydrogen (secondary N) is 1. The van der Waals surface area contributed by atoms with Gasteiger partial charge in [-0.3, -0.25) is 23.9 Å². The maximum atomic E-state index is 12.2. The zero-order valence-electron chi connectivity index (χ0n) is 13.6. The summed E-state index contributed by atoms with van der Waals surface area (Å²) < 4.78 is 17.0. The largest absolute Gasteiger partial charge is 0.463 e. The molecule has 0 bridgehead atoms. The quantitative estimate of drug-likeness (QED) is 0.701. The lowest BCUT2D eigenvalue weighted by atomic mass is 10.2. The van der Waals surface area contributed by atoms with Crippen molar-refractivity contribution >= 4 is 33.9 Å². The molecule has 1 fully saturated rings. The van der Waals surface area contributed by atoms with Crippen molar-refractivity contribution in [2.75, 3.05) is 6.61 Å². The van der Waals surface area contributed by atoms with Crippen LogP contribution in [-0.2, 0) is 23.8 Å². The second-order valence-electron chi connectivity index (χ2n) is 5.38. The van der Waals surface area contributed by atoms with Gasteiger partial charge in [0.1, 0.15) is 12.7 Å². The van der Waals surface area contributed by atoms with Gasteiger partial charge in [0.2, 0.25) is 0 Å². The highest BCUT2D eigenvalue weighted by Gasteiger charge is 2.40. The maximum Gasteiger partial charge on any atom is 0.330 e. The van der Waals surface area contributed by atoms with Crippen LogP contribution in [0.5, 0.6) is 0 Å². The molecule has 3 atom stereocenters. The molecule has 0 aliphatic carbocycles. The van der Waals surface area contributed by atoms with Crippen LogP contribution < -0.4 is 11.2 Å². The number of H-pyrrole nitrogens is 1. The molecule has 10 heteroatoms. The van der Waals surface area contributed by atoms with Crippen molar-refractivity contribution in [3.63, 3.8) is 0 Å². The zero-order valence-corrected chi connectivity index (χ0v) is 15.1. The number of hydrogen-bond donors (Lipinski definition) is 1. The zero-order chi connectivity index (χ0) is 18.6. The Bertz CT molecular complexity index is 798. The second-order valence-corrected chi connectivity index (χ2v) is 5.91. The van der Waals surface area contributed by atoms with Gasteiger partial charge in [0, 0.05) is 26.5 Å². The predicted molar refractivity (Wildman–Crippen MR) is 90.0 cm³/mol.